The molecule has 0 radical (unpaired) electrons. The second-order valence-corrected chi connectivity index (χ2v) is 7.08. The lowest BCUT2D eigenvalue weighted by Crippen LogP contribution is -2.50. The molecule has 0 aromatic rings. The van der Waals surface area contributed by atoms with Crippen LogP contribution in [0.5, 0.6) is 0 Å². The fourth-order valence-corrected chi connectivity index (χ4v) is 3.53. The van der Waals surface area contributed by atoms with E-state index in [4.69, 9.17) is 5.73 Å². The van der Waals surface area contributed by atoms with E-state index in [1.54, 1.807) is 0 Å². The molecule has 1 saturated carbocycles. The van der Waals surface area contributed by atoms with Gasteiger partial charge in [-0.25, -0.2) is 0 Å². The molecule has 2 atom stereocenters. The van der Waals surface area contributed by atoms with Gasteiger partial charge in [-0.15, -0.1) is 12.4 Å². The lowest BCUT2D eigenvalue weighted by molar-refractivity contribution is -0.134. The van der Waals surface area contributed by atoms with Crippen LogP contribution in [0.1, 0.15) is 46.0 Å². The summed E-state index contributed by atoms with van der Waals surface area (Å²) in [4.78, 5) is 16.7. The molecule has 2 rings (SSSR count). The summed E-state index contributed by atoms with van der Waals surface area (Å²) in [5.41, 5.74) is 6.04. The number of nitrogens with zero attached hydrogens (tertiary/aromatic N) is 2. The van der Waals surface area contributed by atoms with Gasteiger partial charge >= 0.3 is 0 Å². The smallest absolute Gasteiger partial charge is 0.236 e. The molecule has 124 valence electrons. The molecule has 0 aromatic heterocycles. The van der Waals surface area contributed by atoms with Gasteiger partial charge in [0.05, 0.1) is 6.54 Å². The number of hydrogen-bond donors (Lipinski definition) is 1. The van der Waals surface area contributed by atoms with Crippen LogP contribution in [-0.4, -0.2) is 54.5 Å². The van der Waals surface area contributed by atoms with Crippen LogP contribution in [0, 0.1) is 11.8 Å². The fraction of sp³-hybridized carbons (Fsp3) is 0.938. The van der Waals surface area contributed by atoms with Crippen molar-refractivity contribution >= 4 is 18.3 Å². The van der Waals surface area contributed by atoms with Gasteiger partial charge in [0, 0.05) is 32.2 Å². The van der Waals surface area contributed by atoms with Crippen molar-refractivity contribution in [1.29, 1.82) is 0 Å². The molecule has 4 nitrogen and oxygen atoms in total. The third-order valence-corrected chi connectivity index (χ3v) is 5.34. The van der Waals surface area contributed by atoms with Crippen LogP contribution in [0.25, 0.3) is 0 Å². The Kier molecular flexibility index (Phi) is 7.45. The Morgan fingerprint density at radius 3 is 2.38 bits per heavy atom. The summed E-state index contributed by atoms with van der Waals surface area (Å²) in [5, 5.41) is 0. The molecule has 1 heterocycles. The molecule has 21 heavy (non-hydrogen) atoms. The van der Waals surface area contributed by atoms with Crippen LogP contribution >= 0.6 is 12.4 Å². The van der Waals surface area contributed by atoms with Crippen LogP contribution in [0.15, 0.2) is 0 Å². The maximum atomic E-state index is 12.4. The van der Waals surface area contributed by atoms with Crippen molar-refractivity contribution in [3.8, 4) is 0 Å². The van der Waals surface area contributed by atoms with E-state index in [0.717, 1.165) is 25.4 Å². The minimum atomic E-state index is 0. The van der Waals surface area contributed by atoms with Gasteiger partial charge in [-0.3, -0.25) is 9.69 Å². The molecule has 2 N–H and O–H groups in total. The summed E-state index contributed by atoms with van der Waals surface area (Å²) in [6.45, 7) is 7.00. The normalized spacial score (nSPS) is 34.1. The second-order valence-electron chi connectivity index (χ2n) is 7.08. The molecule has 2 aliphatic rings. The van der Waals surface area contributed by atoms with Gasteiger partial charge in [0.25, 0.3) is 0 Å². The number of carbonyl (C=O) groups excluding carboxylic acids is 1. The number of carbonyl (C=O) groups is 1. The molecule has 1 amide bonds. The van der Waals surface area contributed by atoms with Crippen LogP contribution in [0.2, 0.25) is 0 Å². The third-order valence-electron chi connectivity index (χ3n) is 5.34. The summed E-state index contributed by atoms with van der Waals surface area (Å²) in [6, 6.07) is 0.766. The standard InChI is InChI=1S/C16H31N3O.ClH/c1-12-4-6-14(7-5-12)18(3)16(20)11-19-9-8-15(17)13(2)10-19;/h12-15H,4-11,17H2,1-3H3;1H. The highest BCUT2D eigenvalue weighted by Gasteiger charge is 2.28. The first-order valence-corrected chi connectivity index (χ1v) is 8.21. The molecule has 0 spiro atoms. The molecule has 1 aliphatic carbocycles. The van der Waals surface area contributed by atoms with Crippen LogP contribution in [0.4, 0.5) is 0 Å². The number of nitrogens with two attached hydrogens (primary N) is 1. The Balaban J connectivity index is 0.00000220. The van der Waals surface area contributed by atoms with Crippen molar-refractivity contribution in [3.05, 3.63) is 0 Å². The Morgan fingerprint density at radius 2 is 1.81 bits per heavy atom. The minimum absolute atomic E-state index is 0. The van der Waals surface area contributed by atoms with Gasteiger partial charge in [-0.05, 0) is 43.9 Å². The molecule has 0 bridgehead atoms. The SMILES string of the molecule is CC1CCC(N(C)C(=O)CN2CCC(N)C(C)C2)CC1.Cl. The van der Waals surface area contributed by atoms with Gasteiger partial charge < -0.3 is 10.6 Å². The molecule has 2 unspecified atom stereocenters. The Hall–Kier alpha value is -0.320. The zero-order valence-corrected chi connectivity index (χ0v) is 14.6. The molecule has 2 fully saturated rings. The molecular formula is C16H32ClN3O. The zero-order chi connectivity index (χ0) is 14.7. The number of likely N-dealkylation sites (tertiary alicyclic amines) is 1. The fourth-order valence-electron chi connectivity index (χ4n) is 3.53. The van der Waals surface area contributed by atoms with Gasteiger partial charge in [-0.1, -0.05) is 13.8 Å². The van der Waals surface area contributed by atoms with E-state index in [1.165, 1.54) is 25.7 Å². The van der Waals surface area contributed by atoms with Crippen LogP contribution in [0.3, 0.4) is 0 Å². The molecule has 0 aromatic carbocycles. The topological polar surface area (TPSA) is 49.6 Å². The molecule has 1 aliphatic heterocycles. The average molecular weight is 318 g/mol. The van der Waals surface area contributed by atoms with Crippen LogP contribution < -0.4 is 5.73 Å². The van der Waals surface area contributed by atoms with E-state index in [1.807, 2.05) is 11.9 Å². The van der Waals surface area contributed by atoms with E-state index in [-0.39, 0.29) is 18.3 Å². The number of hydrogen-bond acceptors (Lipinski definition) is 3. The van der Waals surface area contributed by atoms with Crippen molar-refractivity contribution in [2.45, 2.75) is 58.0 Å². The quantitative estimate of drug-likeness (QED) is 0.867. The monoisotopic (exact) mass is 317 g/mol. The van der Waals surface area contributed by atoms with Crippen molar-refractivity contribution < 1.29 is 4.79 Å². The van der Waals surface area contributed by atoms with Crippen molar-refractivity contribution in [1.82, 2.24) is 9.80 Å². The molecular weight excluding hydrogens is 286 g/mol. The van der Waals surface area contributed by atoms with Gasteiger partial charge in [0.2, 0.25) is 5.91 Å². The van der Waals surface area contributed by atoms with Gasteiger partial charge in [0.1, 0.15) is 0 Å². The van der Waals surface area contributed by atoms with Crippen molar-refractivity contribution in [3.63, 3.8) is 0 Å². The summed E-state index contributed by atoms with van der Waals surface area (Å²) in [5.74, 6) is 1.61. The maximum absolute atomic E-state index is 12.4. The largest absolute Gasteiger partial charge is 0.342 e. The predicted molar refractivity (Wildman–Crippen MR) is 89.6 cm³/mol. The number of rotatable bonds is 3. The number of likely N-dealkylation sites (N-methyl/N-ethyl adjacent to an activating group) is 1. The first kappa shape index (κ1) is 18.7. The van der Waals surface area contributed by atoms with E-state index >= 15 is 0 Å². The van der Waals surface area contributed by atoms with Crippen LogP contribution in [-0.2, 0) is 4.79 Å². The minimum Gasteiger partial charge on any atom is -0.342 e. The van der Waals surface area contributed by atoms with Gasteiger partial charge in [0.15, 0.2) is 0 Å². The highest BCUT2D eigenvalue weighted by Crippen LogP contribution is 2.26. The van der Waals surface area contributed by atoms with E-state index in [9.17, 15) is 4.79 Å². The summed E-state index contributed by atoms with van der Waals surface area (Å²) < 4.78 is 0. The molecule has 5 heteroatoms. The average Bonchev–Trinajstić information content (AvgIpc) is 2.43. The number of piperidine rings is 1. The Bertz CT molecular complexity index is 331. The van der Waals surface area contributed by atoms with Crippen molar-refractivity contribution in [2.75, 3.05) is 26.7 Å². The van der Waals surface area contributed by atoms with Crippen molar-refractivity contribution in [2.24, 2.45) is 17.6 Å². The maximum Gasteiger partial charge on any atom is 0.236 e. The zero-order valence-electron chi connectivity index (χ0n) is 13.8. The Morgan fingerprint density at radius 1 is 1.19 bits per heavy atom. The highest BCUT2D eigenvalue weighted by atomic mass is 35.5. The second kappa shape index (κ2) is 8.35. The predicted octanol–water partition coefficient (Wildman–Crippen LogP) is 2.11. The molecule has 1 saturated heterocycles. The lowest BCUT2D eigenvalue weighted by atomic mass is 9.86. The van der Waals surface area contributed by atoms with Gasteiger partial charge in [-0.2, -0.15) is 0 Å². The van der Waals surface area contributed by atoms with E-state index in [2.05, 4.69) is 18.7 Å². The first-order chi connectivity index (χ1) is 9.47. The summed E-state index contributed by atoms with van der Waals surface area (Å²) in [6.07, 6.45) is 5.88. The third kappa shape index (κ3) is 5.11. The van der Waals surface area contributed by atoms with E-state index in [0.29, 0.717) is 24.5 Å². The lowest BCUT2D eigenvalue weighted by Gasteiger charge is -2.38. The number of amides is 1. The Labute approximate surface area is 135 Å². The number of halogens is 1. The summed E-state index contributed by atoms with van der Waals surface area (Å²) in [7, 11) is 1.99. The first-order valence-electron chi connectivity index (χ1n) is 8.21. The summed E-state index contributed by atoms with van der Waals surface area (Å²) >= 11 is 0. The highest BCUT2D eigenvalue weighted by molar-refractivity contribution is 5.85. The van der Waals surface area contributed by atoms with E-state index < -0.39 is 0 Å².